The Morgan fingerprint density at radius 2 is 1.06 bits per heavy atom. The monoisotopic (exact) mass is 1270 g/mol. The lowest BCUT2D eigenvalue weighted by Crippen LogP contribution is -2.29. The molecule has 1 aliphatic rings. The first-order valence-electron chi connectivity index (χ1n) is 32.8. The first kappa shape index (κ1) is 63.2. The Morgan fingerprint density at radius 1 is 0.494 bits per heavy atom. The zero-order valence-corrected chi connectivity index (χ0v) is 57.7. The zero-order valence-electron chi connectivity index (χ0n) is 52.8. The van der Waals surface area contributed by atoms with Gasteiger partial charge in [0.2, 0.25) is 0 Å². The maximum atomic E-state index is 15.4. The first-order chi connectivity index (χ1) is 42.3. The maximum absolute atomic E-state index is 15.4. The van der Waals surface area contributed by atoms with Crippen molar-refractivity contribution in [2.45, 2.75) is 195 Å². The molecule has 0 aliphatic carbocycles. The zero-order chi connectivity index (χ0) is 61.0. The van der Waals surface area contributed by atoms with Gasteiger partial charge >= 0.3 is 0 Å². The summed E-state index contributed by atoms with van der Waals surface area (Å²) in [5.41, 5.74) is 6.19. The van der Waals surface area contributed by atoms with Crippen LogP contribution in [0.25, 0.3) is 60.9 Å². The average molecular weight is 1270 g/mol. The molecule has 87 heavy (non-hydrogen) atoms. The van der Waals surface area contributed by atoms with Crippen LogP contribution in [0.15, 0.2) is 121 Å². The van der Waals surface area contributed by atoms with E-state index < -0.39 is 5.41 Å². The number of nitrogens with zero attached hydrogens (tertiary/aromatic N) is 1. The summed E-state index contributed by atoms with van der Waals surface area (Å²) in [5, 5.41) is 3.53. The van der Waals surface area contributed by atoms with Gasteiger partial charge in [-0.3, -0.25) is 14.4 Å². The molecule has 2 amide bonds. The van der Waals surface area contributed by atoms with E-state index >= 15 is 9.59 Å². The van der Waals surface area contributed by atoms with Crippen molar-refractivity contribution in [3.63, 3.8) is 0 Å². The van der Waals surface area contributed by atoms with Crippen LogP contribution in [-0.4, -0.2) is 17.6 Å². The second-order valence-electron chi connectivity index (χ2n) is 25.1. The van der Waals surface area contributed by atoms with Gasteiger partial charge in [-0.1, -0.05) is 206 Å². The largest absolute Gasteiger partial charge is 0.294 e. The highest BCUT2D eigenvalue weighted by Gasteiger charge is 2.45. The molecule has 0 radical (unpaired) electrons. The number of amides is 2. The van der Waals surface area contributed by atoms with E-state index in [0.717, 1.165) is 77.6 Å². The van der Waals surface area contributed by atoms with Gasteiger partial charge in [-0.2, -0.15) is 0 Å². The molecule has 0 spiro atoms. The fourth-order valence-corrected chi connectivity index (χ4v) is 21.9. The minimum atomic E-state index is -0.459. The second-order valence-corrected chi connectivity index (χ2v) is 31.6. The van der Waals surface area contributed by atoms with Gasteiger partial charge in [-0.15, -0.1) is 68.0 Å². The molecule has 0 saturated heterocycles. The van der Waals surface area contributed by atoms with Gasteiger partial charge in [0, 0.05) is 93.6 Å². The molecule has 454 valence electrons. The number of hydrogen-bond acceptors (Lipinski definition) is 9. The van der Waals surface area contributed by atoms with E-state index in [1.54, 1.807) is 24.3 Å². The topological polar surface area (TPSA) is 54.5 Å². The summed E-state index contributed by atoms with van der Waals surface area (Å²) in [6.45, 7) is 21.0. The number of benzene rings is 4. The number of anilines is 1. The summed E-state index contributed by atoms with van der Waals surface area (Å²) in [4.78, 5) is 56.2. The third kappa shape index (κ3) is 12.4. The standard InChI is InChI=1S/C77H87NO3S6/c1-10-17-20-21-28-35-59(79)51-36-38-54(39-37-51)78-74(80)67-66-71(86-72(67)75(78)81)70(87-73(66)77(9,44-13-4)53-33-26-23-27-34-53)62-47-57-64(60-42-40-55(82-60)45-49(14-5)29-18-11-2)69-58(48-63(85-69)76(8,16-7)52-31-24-22-25-32-52)65(68(57)84-62)61-43-41-56(83-61)46-50(15-6)30-19-12-3/h22-27,31-34,36-43,47-50H,10-21,28-30,35,44-46H2,1-9H3/t49?,50?,76-,77+/m1/s1. The highest BCUT2D eigenvalue weighted by molar-refractivity contribution is 7.32. The first-order valence-corrected chi connectivity index (χ1v) is 37.7. The number of thiophene rings is 6. The Balaban J connectivity index is 1.13. The van der Waals surface area contributed by atoms with Crippen molar-refractivity contribution in [3.8, 4) is 30.6 Å². The molecule has 4 aromatic carbocycles. The number of unbranched alkanes of at least 4 members (excludes halogenated alkanes) is 6. The summed E-state index contributed by atoms with van der Waals surface area (Å²) < 4.78 is 3.67. The molecule has 11 rings (SSSR count). The van der Waals surface area contributed by atoms with E-state index in [1.165, 1.54) is 146 Å². The molecule has 2 unspecified atom stereocenters. The molecule has 0 bridgehead atoms. The van der Waals surface area contributed by atoms with Gasteiger partial charge in [-0.25, -0.2) is 4.90 Å². The van der Waals surface area contributed by atoms with Crippen molar-refractivity contribution in [2.75, 3.05) is 4.90 Å². The number of carbonyl (C=O) groups is 3. The van der Waals surface area contributed by atoms with Crippen LogP contribution in [0.2, 0.25) is 0 Å². The molecule has 4 atom stereocenters. The SMILES string of the molecule is CCCCCCCC(=O)c1ccc(N2C(=O)c3sc4c(-c5cc6c(-c7ccc(CC(CC)CCCC)s7)c7sc([C@](C)(CC)c8ccccc8)cc7c(-c7ccc(CC(CC)CCCC)s7)c6s5)sc([C@@](C)(CCC)c5ccccc5)c4c3C2=O)cc1. The number of hydrogen-bond donors (Lipinski definition) is 0. The summed E-state index contributed by atoms with van der Waals surface area (Å²) >= 11 is 11.2. The molecule has 10 heteroatoms. The lowest BCUT2D eigenvalue weighted by Gasteiger charge is -2.30. The quantitative estimate of drug-likeness (QED) is 0.0256. The van der Waals surface area contributed by atoms with Crippen LogP contribution in [0.3, 0.4) is 0 Å². The van der Waals surface area contributed by atoms with Crippen molar-refractivity contribution in [2.24, 2.45) is 11.8 Å². The maximum Gasteiger partial charge on any atom is 0.276 e. The number of Topliss-reactive ketones (excluding diaryl/α,β-unsaturated/α-hetero) is 1. The predicted octanol–water partition coefficient (Wildman–Crippen LogP) is 25.2. The number of rotatable bonds is 30. The third-order valence-corrected chi connectivity index (χ3v) is 27.0. The molecule has 0 fully saturated rings. The van der Waals surface area contributed by atoms with Gasteiger partial charge in [0.05, 0.1) is 20.8 Å². The molecular weight excluding hydrogens is 1180 g/mol. The van der Waals surface area contributed by atoms with E-state index in [-0.39, 0.29) is 23.0 Å². The molecule has 0 saturated carbocycles. The van der Waals surface area contributed by atoms with E-state index in [1.807, 2.05) is 56.7 Å². The number of ketones is 1. The molecule has 10 aromatic rings. The fourth-order valence-electron chi connectivity index (χ4n) is 13.6. The van der Waals surface area contributed by atoms with Gasteiger partial charge in [0.15, 0.2) is 5.78 Å². The highest BCUT2D eigenvalue weighted by Crippen LogP contribution is 2.59. The number of fused-ring (bicyclic) bond motifs is 5. The van der Waals surface area contributed by atoms with E-state index in [2.05, 4.69) is 159 Å². The Morgan fingerprint density at radius 3 is 1.62 bits per heavy atom. The van der Waals surface area contributed by atoms with Crippen molar-refractivity contribution >= 4 is 122 Å². The van der Waals surface area contributed by atoms with Crippen LogP contribution in [0.1, 0.15) is 232 Å². The predicted molar refractivity (Wildman–Crippen MR) is 383 cm³/mol. The molecule has 7 heterocycles. The van der Waals surface area contributed by atoms with Crippen molar-refractivity contribution in [3.05, 3.63) is 168 Å². The van der Waals surface area contributed by atoms with E-state index in [0.29, 0.717) is 39.9 Å². The number of imide groups is 1. The smallest absolute Gasteiger partial charge is 0.276 e. The Kier molecular flexibility index (Phi) is 20.2. The minimum Gasteiger partial charge on any atom is -0.294 e. The van der Waals surface area contributed by atoms with Gasteiger partial charge in [0.1, 0.15) is 4.88 Å². The Hall–Kier alpha value is -5.33. The summed E-state index contributed by atoms with van der Waals surface area (Å²) in [6, 6.07) is 44.0. The van der Waals surface area contributed by atoms with E-state index in [4.69, 9.17) is 0 Å². The molecule has 0 N–H and O–H groups in total. The highest BCUT2D eigenvalue weighted by atomic mass is 32.1. The van der Waals surface area contributed by atoms with Crippen molar-refractivity contribution in [1.82, 2.24) is 0 Å². The molecule has 6 aromatic heterocycles. The average Bonchev–Trinajstić information content (AvgIpc) is 1.64. The molecule has 1 aliphatic heterocycles. The van der Waals surface area contributed by atoms with Gasteiger partial charge in [0.25, 0.3) is 11.8 Å². The minimum absolute atomic E-state index is 0.100. The normalized spacial score (nSPS) is 14.8. The Labute approximate surface area is 542 Å². The second kappa shape index (κ2) is 27.8. The lowest BCUT2D eigenvalue weighted by atomic mass is 9.76. The lowest BCUT2D eigenvalue weighted by molar-refractivity contribution is 0.0926. The summed E-state index contributed by atoms with van der Waals surface area (Å²) in [7, 11) is 0. The van der Waals surface area contributed by atoms with Crippen LogP contribution in [-0.2, 0) is 23.7 Å². The van der Waals surface area contributed by atoms with Crippen molar-refractivity contribution in [1.29, 1.82) is 0 Å². The fraction of sp³-hybridized carbons (Fsp3) is 0.416. The molecular formula is C77H87NO3S6. The van der Waals surface area contributed by atoms with E-state index in [9.17, 15) is 4.79 Å². The van der Waals surface area contributed by atoms with Gasteiger partial charge < -0.3 is 0 Å². The van der Waals surface area contributed by atoms with Crippen LogP contribution in [0, 0.1) is 11.8 Å². The summed E-state index contributed by atoms with van der Waals surface area (Å²) in [6.07, 6.45) is 20.7. The van der Waals surface area contributed by atoms with Gasteiger partial charge in [-0.05, 0) is 116 Å². The Bertz CT molecular complexity index is 3900. The van der Waals surface area contributed by atoms with Crippen LogP contribution >= 0.6 is 68.0 Å². The number of carbonyl (C=O) groups excluding carboxylic acids is 3. The van der Waals surface area contributed by atoms with Crippen LogP contribution < -0.4 is 4.90 Å². The molecule has 4 nitrogen and oxygen atoms in total. The van der Waals surface area contributed by atoms with Crippen LogP contribution in [0.4, 0.5) is 5.69 Å². The van der Waals surface area contributed by atoms with Crippen molar-refractivity contribution < 1.29 is 14.4 Å². The summed E-state index contributed by atoms with van der Waals surface area (Å²) in [5.74, 6) is 0.837. The van der Waals surface area contributed by atoms with Crippen LogP contribution in [0.5, 0.6) is 0 Å². The third-order valence-electron chi connectivity index (χ3n) is 19.2.